The van der Waals surface area contributed by atoms with E-state index in [2.05, 4.69) is 46.1 Å². The highest BCUT2D eigenvalue weighted by Gasteiger charge is 2.22. The van der Waals surface area contributed by atoms with Crippen molar-refractivity contribution in [2.45, 2.75) is 5.88 Å². The Labute approximate surface area is 116 Å². The number of fused-ring (bicyclic) bond motifs is 1. The van der Waals surface area contributed by atoms with Crippen LogP contribution in [0.1, 0.15) is 5.69 Å². The first kappa shape index (κ1) is 11.8. The van der Waals surface area contributed by atoms with Gasteiger partial charge in [-0.05, 0) is 12.1 Å². The smallest absolute Gasteiger partial charge is 0.190 e. The van der Waals surface area contributed by atoms with E-state index in [0.29, 0.717) is 5.88 Å². The molecule has 0 amide bonds. The number of alkyl halides is 1. The molecule has 3 nitrogen and oxygen atoms in total. The minimum atomic E-state index is 0.478. The van der Waals surface area contributed by atoms with Gasteiger partial charge in [-0.15, -0.1) is 22.9 Å². The van der Waals surface area contributed by atoms with Gasteiger partial charge in [0, 0.05) is 25.5 Å². The second kappa shape index (κ2) is 4.78. The number of halogens is 1. The maximum atomic E-state index is 5.82. The second-order valence-corrected chi connectivity index (χ2v) is 5.42. The monoisotopic (exact) mass is 279 g/mol. The maximum absolute atomic E-state index is 5.82. The number of anilines is 3. The Morgan fingerprint density at radius 3 is 2.78 bits per heavy atom. The summed E-state index contributed by atoms with van der Waals surface area (Å²) in [7, 11) is 2.13. The van der Waals surface area contributed by atoms with E-state index in [9.17, 15) is 0 Å². The van der Waals surface area contributed by atoms with Gasteiger partial charge in [0.15, 0.2) is 5.13 Å². The molecule has 2 heterocycles. The lowest BCUT2D eigenvalue weighted by Crippen LogP contribution is -2.36. The largest absolute Gasteiger partial charge is 0.371 e. The first-order valence-corrected chi connectivity index (χ1v) is 7.29. The Kier molecular flexibility index (Phi) is 3.14. The van der Waals surface area contributed by atoms with Crippen molar-refractivity contribution in [2.24, 2.45) is 0 Å². The summed E-state index contributed by atoms with van der Waals surface area (Å²) in [4.78, 5) is 9.12. The summed E-state index contributed by atoms with van der Waals surface area (Å²) >= 11 is 7.48. The second-order valence-electron chi connectivity index (χ2n) is 4.32. The van der Waals surface area contributed by atoms with Crippen LogP contribution >= 0.6 is 22.9 Å². The molecule has 0 atom stereocenters. The van der Waals surface area contributed by atoms with Crippen molar-refractivity contribution in [2.75, 3.05) is 29.9 Å². The fraction of sp³-hybridized carbons (Fsp3) is 0.308. The molecule has 0 saturated carbocycles. The average molecular weight is 280 g/mol. The summed E-state index contributed by atoms with van der Waals surface area (Å²) in [6, 6.07) is 8.44. The Morgan fingerprint density at radius 2 is 2.06 bits per heavy atom. The summed E-state index contributed by atoms with van der Waals surface area (Å²) in [5.74, 6) is 0.478. The van der Waals surface area contributed by atoms with Gasteiger partial charge >= 0.3 is 0 Å². The van der Waals surface area contributed by atoms with Crippen molar-refractivity contribution in [1.82, 2.24) is 4.98 Å². The maximum Gasteiger partial charge on any atom is 0.190 e. The van der Waals surface area contributed by atoms with Gasteiger partial charge in [0.05, 0.1) is 22.9 Å². The lowest BCUT2D eigenvalue weighted by atomic mass is 10.2. The molecule has 0 bridgehead atoms. The summed E-state index contributed by atoms with van der Waals surface area (Å²) in [5, 5.41) is 3.06. The normalized spacial score (nSPS) is 14.8. The molecule has 0 unspecified atom stereocenters. The number of aromatic nitrogens is 1. The lowest BCUT2D eigenvalue weighted by Gasteiger charge is -2.35. The zero-order valence-corrected chi connectivity index (χ0v) is 11.7. The van der Waals surface area contributed by atoms with E-state index in [1.807, 2.05) is 5.38 Å². The number of nitrogens with zero attached hydrogens (tertiary/aromatic N) is 3. The molecular formula is C13H14ClN3S. The van der Waals surface area contributed by atoms with Crippen LogP contribution in [0.2, 0.25) is 0 Å². The number of benzene rings is 1. The van der Waals surface area contributed by atoms with Crippen LogP contribution in [0.25, 0.3) is 0 Å². The van der Waals surface area contributed by atoms with E-state index in [0.717, 1.165) is 23.9 Å². The first-order valence-electron chi connectivity index (χ1n) is 5.87. The van der Waals surface area contributed by atoms with Crippen molar-refractivity contribution >= 4 is 39.4 Å². The van der Waals surface area contributed by atoms with Crippen molar-refractivity contribution in [3.63, 3.8) is 0 Å². The van der Waals surface area contributed by atoms with E-state index < -0.39 is 0 Å². The Hall–Kier alpha value is -1.26. The lowest BCUT2D eigenvalue weighted by molar-refractivity contribution is 0.818. The van der Waals surface area contributed by atoms with Crippen molar-refractivity contribution in [3.8, 4) is 0 Å². The number of hydrogen-bond donors (Lipinski definition) is 0. The molecule has 18 heavy (non-hydrogen) atoms. The molecule has 94 valence electrons. The molecule has 0 radical (unpaired) electrons. The molecule has 2 aromatic rings. The summed E-state index contributed by atoms with van der Waals surface area (Å²) in [6.45, 7) is 1.97. The zero-order valence-electron chi connectivity index (χ0n) is 10.1. The molecule has 3 rings (SSSR count). The third-order valence-electron chi connectivity index (χ3n) is 3.15. The Bertz CT molecular complexity index is 555. The number of likely N-dealkylation sites (N-methyl/N-ethyl adjacent to an activating group) is 1. The third-order valence-corrected chi connectivity index (χ3v) is 4.34. The van der Waals surface area contributed by atoms with Gasteiger partial charge < -0.3 is 9.80 Å². The fourth-order valence-electron chi connectivity index (χ4n) is 2.19. The quantitative estimate of drug-likeness (QED) is 0.785. The van der Waals surface area contributed by atoms with Crippen LogP contribution < -0.4 is 9.80 Å². The number of para-hydroxylation sites is 2. The number of rotatable bonds is 2. The van der Waals surface area contributed by atoms with E-state index in [4.69, 9.17) is 11.6 Å². The van der Waals surface area contributed by atoms with Crippen LogP contribution in [-0.2, 0) is 5.88 Å². The highest BCUT2D eigenvalue weighted by Crippen LogP contribution is 2.37. The number of hydrogen-bond acceptors (Lipinski definition) is 4. The molecule has 1 aromatic heterocycles. The van der Waals surface area contributed by atoms with Gasteiger partial charge in [0.2, 0.25) is 0 Å². The van der Waals surface area contributed by atoms with Gasteiger partial charge in [0.25, 0.3) is 0 Å². The van der Waals surface area contributed by atoms with Gasteiger partial charge in [0.1, 0.15) is 0 Å². The molecule has 1 aromatic carbocycles. The SMILES string of the molecule is CN1CCN(c2nc(CCl)cs2)c2ccccc21. The molecule has 0 spiro atoms. The van der Waals surface area contributed by atoms with E-state index in [1.54, 1.807) is 11.3 Å². The fourth-order valence-corrected chi connectivity index (χ4v) is 3.28. The minimum Gasteiger partial charge on any atom is -0.371 e. The van der Waals surface area contributed by atoms with Crippen LogP contribution in [-0.4, -0.2) is 25.1 Å². The van der Waals surface area contributed by atoms with Gasteiger partial charge in [-0.2, -0.15) is 0 Å². The molecule has 0 aliphatic carbocycles. The summed E-state index contributed by atoms with van der Waals surface area (Å²) in [5.41, 5.74) is 3.43. The summed E-state index contributed by atoms with van der Waals surface area (Å²) in [6.07, 6.45) is 0. The van der Waals surface area contributed by atoms with Crippen LogP contribution in [0.15, 0.2) is 29.6 Å². The molecule has 1 aliphatic heterocycles. The van der Waals surface area contributed by atoms with Crippen LogP contribution in [0.5, 0.6) is 0 Å². The van der Waals surface area contributed by atoms with Crippen LogP contribution in [0.3, 0.4) is 0 Å². The van der Waals surface area contributed by atoms with Crippen molar-refractivity contribution < 1.29 is 0 Å². The predicted molar refractivity (Wildman–Crippen MR) is 78.4 cm³/mol. The Morgan fingerprint density at radius 1 is 1.28 bits per heavy atom. The van der Waals surface area contributed by atoms with Crippen LogP contribution in [0, 0.1) is 0 Å². The minimum absolute atomic E-state index is 0.478. The standard InChI is InChI=1S/C13H14ClN3S/c1-16-6-7-17(12-5-3-2-4-11(12)16)13-15-10(8-14)9-18-13/h2-5,9H,6-8H2,1H3. The first-order chi connectivity index (χ1) is 8.79. The predicted octanol–water partition coefficient (Wildman–Crippen LogP) is 3.47. The third kappa shape index (κ3) is 1.95. The zero-order chi connectivity index (χ0) is 12.5. The molecule has 0 fully saturated rings. The van der Waals surface area contributed by atoms with Crippen molar-refractivity contribution in [1.29, 1.82) is 0 Å². The average Bonchev–Trinajstić information content (AvgIpc) is 2.88. The highest BCUT2D eigenvalue weighted by atomic mass is 35.5. The Balaban J connectivity index is 2.01. The molecule has 0 N–H and O–H groups in total. The van der Waals surface area contributed by atoms with Gasteiger partial charge in [-0.3, -0.25) is 0 Å². The topological polar surface area (TPSA) is 19.4 Å². The van der Waals surface area contributed by atoms with E-state index >= 15 is 0 Å². The van der Waals surface area contributed by atoms with E-state index in [1.165, 1.54) is 11.4 Å². The van der Waals surface area contributed by atoms with E-state index in [-0.39, 0.29) is 0 Å². The molecule has 0 saturated heterocycles. The van der Waals surface area contributed by atoms with Gasteiger partial charge in [-0.1, -0.05) is 12.1 Å². The molecular weight excluding hydrogens is 266 g/mol. The van der Waals surface area contributed by atoms with Crippen molar-refractivity contribution in [3.05, 3.63) is 35.3 Å². The van der Waals surface area contributed by atoms with Gasteiger partial charge in [-0.25, -0.2) is 4.98 Å². The van der Waals surface area contributed by atoms with Crippen LogP contribution in [0.4, 0.5) is 16.5 Å². The molecule has 1 aliphatic rings. The molecule has 5 heteroatoms. The number of thiazole rings is 1. The highest BCUT2D eigenvalue weighted by molar-refractivity contribution is 7.13. The summed E-state index contributed by atoms with van der Waals surface area (Å²) < 4.78 is 0.